The molecule has 190 valence electrons. The zero-order valence-corrected chi connectivity index (χ0v) is 22.4. The lowest BCUT2D eigenvalue weighted by atomic mass is 9.83. The molecule has 5 heteroatoms. The van der Waals surface area contributed by atoms with Crippen molar-refractivity contribution < 1.29 is 19.4 Å². The van der Waals surface area contributed by atoms with E-state index in [1.807, 2.05) is 32.9 Å². The summed E-state index contributed by atoms with van der Waals surface area (Å²) in [6, 6.07) is 16.5. The topological polar surface area (TPSA) is 59.0 Å². The van der Waals surface area contributed by atoms with Crippen LogP contribution in [0.15, 0.2) is 48.5 Å². The molecule has 1 unspecified atom stereocenters. The number of hydrogen-bond acceptors (Lipinski definition) is 4. The van der Waals surface area contributed by atoms with Gasteiger partial charge in [0.15, 0.2) is 6.10 Å². The highest BCUT2D eigenvalue weighted by Gasteiger charge is 2.35. The largest absolute Gasteiger partial charge is 0.497 e. The van der Waals surface area contributed by atoms with Crippen molar-refractivity contribution in [3.8, 4) is 16.9 Å². The van der Waals surface area contributed by atoms with Crippen molar-refractivity contribution >= 4 is 5.97 Å². The van der Waals surface area contributed by atoms with Gasteiger partial charge in [0.2, 0.25) is 0 Å². The predicted octanol–water partition coefficient (Wildman–Crippen LogP) is 6.74. The Balaban J connectivity index is 1.82. The highest BCUT2D eigenvalue weighted by molar-refractivity contribution is 5.84. The molecule has 1 N–H and O–H groups in total. The first-order valence-corrected chi connectivity index (χ1v) is 12.5. The molecule has 0 aromatic heterocycles. The van der Waals surface area contributed by atoms with Gasteiger partial charge in [-0.3, -0.25) is 4.90 Å². The number of ether oxygens (including phenoxy) is 2. The van der Waals surface area contributed by atoms with Crippen LogP contribution in [0, 0.1) is 20.8 Å². The minimum Gasteiger partial charge on any atom is -0.497 e. The van der Waals surface area contributed by atoms with Crippen LogP contribution in [-0.4, -0.2) is 28.7 Å². The highest BCUT2D eigenvalue weighted by Crippen LogP contribution is 2.43. The summed E-state index contributed by atoms with van der Waals surface area (Å²) >= 11 is 0. The van der Waals surface area contributed by atoms with Crippen molar-refractivity contribution in [3.05, 3.63) is 87.5 Å². The number of fused-ring (bicyclic) bond motifs is 1. The summed E-state index contributed by atoms with van der Waals surface area (Å²) in [7, 11) is 1.68. The van der Waals surface area contributed by atoms with Crippen molar-refractivity contribution in [3.63, 3.8) is 0 Å². The summed E-state index contributed by atoms with van der Waals surface area (Å²) in [6.07, 6.45) is -1.05. The molecule has 0 spiro atoms. The Morgan fingerprint density at radius 3 is 2.06 bits per heavy atom. The quantitative estimate of drug-likeness (QED) is 0.400. The summed E-state index contributed by atoms with van der Waals surface area (Å²) in [5.74, 6) is -0.116. The molecular weight excluding hydrogens is 450 g/mol. The minimum absolute atomic E-state index is 0.604. The molecule has 0 amide bonds. The third kappa shape index (κ3) is 5.32. The fourth-order valence-corrected chi connectivity index (χ4v) is 5.19. The zero-order chi connectivity index (χ0) is 26.2. The van der Waals surface area contributed by atoms with Crippen LogP contribution in [0.25, 0.3) is 11.1 Å². The van der Waals surface area contributed by atoms with E-state index < -0.39 is 17.7 Å². The molecule has 0 saturated carbocycles. The molecule has 1 heterocycles. The van der Waals surface area contributed by atoms with Gasteiger partial charge < -0.3 is 14.6 Å². The number of benzene rings is 3. The third-order valence-electron chi connectivity index (χ3n) is 6.94. The lowest BCUT2D eigenvalue weighted by Gasteiger charge is -2.30. The number of carboxylic acid groups (broad SMARTS) is 1. The summed E-state index contributed by atoms with van der Waals surface area (Å²) in [5, 5.41) is 10.3. The number of rotatable bonds is 7. The average molecular weight is 488 g/mol. The van der Waals surface area contributed by atoms with E-state index in [1.165, 1.54) is 22.3 Å². The molecule has 0 aliphatic carbocycles. The predicted molar refractivity (Wildman–Crippen MR) is 143 cm³/mol. The molecule has 1 aliphatic rings. The SMILES string of the molecule is COc1ccc(CN2Cc3c(C)c(-c4ccc(C)cc4)c(C(OC(C)(C)C)C(=O)O)c(C)c3C2)cc1. The standard InChI is InChI=1S/C31H37NO4/c1-19-8-12-23(13-9-19)27-20(2)25-17-32(16-22-10-14-24(35-7)15-11-22)18-26(25)21(3)28(27)29(30(33)34)36-31(4,5)6/h8-15,29H,16-18H2,1-7H3,(H,33,34). The van der Waals surface area contributed by atoms with Gasteiger partial charge in [-0.05, 0) is 92.6 Å². The van der Waals surface area contributed by atoms with Gasteiger partial charge in [0.05, 0.1) is 12.7 Å². The van der Waals surface area contributed by atoms with E-state index >= 15 is 0 Å². The number of carboxylic acids is 1. The Bertz CT molecular complexity index is 1250. The fraction of sp³-hybridized carbons (Fsp3) is 0.387. The van der Waals surface area contributed by atoms with Crippen LogP contribution >= 0.6 is 0 Å². The normalized spacial score (nSPS) is 14.5. The highest BCUT2D eigenvalue weighted by atomic mass is 16.5. The van der Waals surface area contributed by atoms with Crippen molar-refractivity contribution in [1.29, 1.82) is 0 Å². The first-order chi connectivity index (χ1) is 17.0. The van der Waals surface area contributed by atoms with Crippen LogP contribution in [-0.2, 0) is 29.2 Å². The number of hydrogen-bond donors (Lipinski definition) is 1. The number of nitrogens with zero attached hydrogens (tertiary/aromatic N) is 1. The molecule has 0 bridgehead atoms. The fourth-order valence-electron chi connectivity index (χ4n) is 5.19. The van der Waals surface area contributed by atoms with Crippen molar-refractivity contribution in [2.24, 2.45) is 0 Å². The van der Waals surface area contributed by atoms with E-state index in [4.69, 9.17) is 9.47 Å². The molecule has 36 heavy (non-hydrogen) atoms. The van der Waals surface area contributed by atoms with E-state index in [1.54, 1.807) is 7.11 Å². The maximum absolute atomic E-state index is 12.6. The summed E-state index contributed by atoms with van der Waals surface area (Å²) in [4.78, 5) is 15.0. The van der Waals surface area contributed by atoms with Gasteiger partial charge in [-0.15, -0.1) is 0 Å². The number of methoxy groups -OCH3 is 1. The minimum atomic E-state index is -1.05. The van der Waals surface area contributed by atoms with Gasteiger partial charge in [-0.1, -0.05) is 42.0 Å². The lowest BCUT2D eigenvalue weighted by molar-refractivity contribution is -0.160. The molecule has 0 radical (unpaired) electrons. The van der Waals surface area contributed by atoms with Crippen LogP contribution in [0.2, 0.25) is 0 Å². The Morgan fingerprint density at radius 2 is 1.53 bits per heavy atom. The van der Waals surface area contributed by atoms with Gasteiger partial charge in [-0.2, -0.15) is 0 Å². The van der Waals surface area contributed by atoms with Crippen LogP contribution in [0.4, 0.5) is 0 Å². The first kappa shape index (κ1) is 25.9. The maximum atomic E-state index is 12.6. The van der Waals surface area contributed by atoms with Gasteiger partial charge >= 0.3 is 5.97 Å². The average Bonchev–Trinajstić information content (AvgIpc) is 3.25. The van der Waals surface area contributed by atoms with Gasteiger partial charge in [0.25, 0.3) is 0 Å². The van der Waals surface area contributed by atoms with Crippen LogP contribution in [0.5, 0.6) is 5.75 Å². The van der Waals surface area contributed by atoms with Crippen molar-refractivity contribution in [1.82, 2.24) is 4.90 Å². The Morgan fingerprint density at radius 1 is 0.944 bits per heavy atom. The number of aryl methyl sites for hydroxylation is 1. The second-order valence-corrected chi connectivity index (χ2v) is 10.8. The van der Waals surface area contributed by atoms with E-state index in [-0.39, 0.29) is 0 Å². The van der Waals surface area contributed by atoms with Gasteiger partial charge in [-0.25, -0.2) is 4.79 Å². The Hall–Kier alpha value is -3.15. The Kier molecular flexibility index (Phi) is 7.26. The van der Waals surface area contributed by atoms with Gasteiger partial charge in [0, 0.05) is 25.2 Å². The van der Waals surface area contributed by atoms with E-state index in [9.17, 15) is 9.90 Å². The maximum Gasteiger partial charge on any atom is 0.337 e. The smallest absolute Gasteiger partial charge is 0.337 e. The van der Waals surface area contributed by atoms with E-state index in [0.29, 0.717) is 0 Å². The van der Waals surface area contributed by atoms with E-state index in [0.717, 1.165) is 53.2 Å². The molecule has 5 nitrogen and oxygen atoms in total. The molecule has 3 aromatic carbocycles. The number of carbonyl (C=O) groups is 1. The molecule has 0 fully saturated rings. The van der Waals surface area contributed by atoms with Crippen LogP contribution < -0.4 is 4.74 Å². The van der Waals surface area contributed by atoms with Crippen LogP contribution in [0.3, 0.4) is 0 Å². The van der Waals surface area contributed by atoms with Crippen molar-refractivity contribution in [2.45, 2.75) is 72.9 Å². The lowest BCUT2D eigenvalue weighted by Crippen LogP contribution is -2.28. The summed E-state index contributed by atoms with van der Waals surface area (Å²) in [5.41, 5.74) is 9.22. The molecule has 1 aliphatic heterocycles. The second kappa shape index (κ2) is 10.1. The number of aliphatic carboxylic acids is 1. The summed E-state index contributed by atoms with van der Waals surface area (Å²) in [6.45, 7) is 14.4. The zero-order valence-electron chi connectivity index (χ0n) is 22.4. The second-order valence-electron chi connectivity index (χ2n) is 10.8. The van der Waals surface area contributed by atoms with Gasteiger partial charge in [0.1, 0.15) is 5.75 Å². The monoisotopic (exact) mass is 487 g/mol. The van der Waals surface area contributed by atoms with Crippen LogP contribution in [0.1, 0.15) is 65.8 Å². The molecule has 0 saturated heterocycles. The molecular formula is C31H37NO4. The molecule has 1 atom stereocenters. The summed E-state index contributed by atoms with van der Waals surface area (Å²) < 4.78 is 11.5. The molecule has 4 rings (SSSR count). The Labute approximate surface area is 214 Å². The van der Waals surface area contributed by atoms with Crippen molar-refractivity contribution in [2.75, 3.05) is 7.11 Å². The van der Waals surface area contributed by atoms with E-state index in [2.05, 4.69) is 62.1 Å². The first-order valence-electron chi connectivity index (χ1n) is 12.5. The third-order valence-corrected chi connectivity index (χ3v) is 6.94. The molecule has 3 aromatic rings.